The minimum absolute atomic E-state index is 0.0607. The van der Waals surface area contributed by atoms with Crippen LogP contribution in [0.1, 0.15) is 43.9 Å². The Morgan fingerprint density at radius 1 is 1.06 bits per heavy atom. The molecule has 10 heteroatoms. The standard InChI is InChI=1S/C26H37ClN4O4S/c1-8-23(26(33)28-18(2)3)30(16-21-11-9-10-12-22(21)27)25(32)17-31(36(34,35)29(6)7)24-15-19(4)13-14-20(24)5/h9-15,18,23H,8,16-17H2,1-7H3,(H,28,33)/t23-/m1/s1. The van der Waals surface area contributed by atoms with Gasteiger partial charge in [-0.2, -0.15) is 12.7 Å². The number of benzene rings is 2. The van der Waals surface area contributed by atoms with Gasteiger partial charge in [-0.3, -0.25) is 9.59 Å². The third kappa shape index (κ3) is 7.21. The van der Waals surface area contributed by atoms with Gasteiger partial charge in [0.2, 0.25) is 11.8 Å². The second-order valence-electron chi connectivity index (χ2n) is 9.29. The van der Waals surface area contributed by atoms with Crippen molar-refractivity contribution in [3.05, 3.63) is 64.2 Å². The zero-order valence-corrected chi connectivity index (χ0v) is 23.7. The van der Waals surface area contributed by atoms with Crippen molar-refractivity contribution in [1.82, 2.24) is 14.5 Å². The van der Waals surface area contributed by atoms with E-state index >= 15 is 0 Å². The number of rotatable bonds is 11. The topological polar surface area (TPSA) is 90.0 Å². The van der Waals surface area contributed by atoms with E-state index in [0.29, 0.717) is 28.3 Å². The Balaban J connectivity index is 2.58. The van der Waals surface area contributed by atoms with Crippen LogP contribution in [0.5, 0.6) is 0 Å². The maximum atomic E-state index is 13.9. The van der Waals surface area contributed by atoms with Crippen LogP contribution in [0.4, 0.5) is 5.69 Å². The van der Waals surface area contributed by atoms with Crippen LogP contribution in [-0.2, 0) is 26.3 Å². The number of carbonyl (C=O) groups excluding carboxylic acids is 2. The molecule has 0 aromatic heterocycles. The van der Waals surface area contributed by atoms with Crippen LogP contribution in [0.2, 0.25) is 5.02 Å². The number of carbonyl (C=O) groups is 2. The van der Waals surface area contributed by atoms with Crippen LogP contribution in [0.15, 0.2) is 42.5 Å². The largest absolute Gasteiger partial charge is 0.352 e. The predicted octanol–water partition coefficient (Wildman–Crippen LogP) is 3.90. The van der Waals surface area contributed by atoms with Crippen molar-refractivity contribution in [3.8, 4) is 0 Å². The highest BCUT2D eigenvalue weighted by atomic mass is 35.5. The van der Waals surface area contributed by atoms with E-state index in [2.05, 4.69) is 5.32 Å². The molecule has 2 rings (SSSR count). The van der Waals surface area contributed by atoms with Gasteiger partial charge in [-0.15, -0.1) is 0 Å². The summed E-state index contributed by atoms with van der Waals surface area (Å²) in [5.74, 6) is -0.811. The van der Waals surface area contributed by atoms with E-state index in [9.17, 15) is 18.0 Å². The Labute approximate surface area is 220 Å². The Morgan fingerprint density at radius 2 is 1.69 bits per heavy atom. The number of halogens is 1. The van der Waals surface area contributed by atoms with E-state index in [4.69, 9.17) is 11.6 Å². The Hall–Kier alpha value is -2.62. The van der Waals surface area contributed by atoms with Crippen LogP contribution >= 0.6 is 11.6 Å². The number of hydrogen-bond acceptors (Lipinski definition) is 4. The molecular formula is C26H37ClN4O4S. The van der Waals surface area contributed by atoms with Crippen molar-refractivity contribution in [3.63, 3.8) is 0 Å². The quantitative estimate of drug-likeness (QED) is 0.471. The lowest BCUT2D eigenvalue weighted by Crippen LogP contribution is -2.54. The third-order valence-electron chi connectivity index (χ3n) is 5.77. The minimum Gasteiger partial charge on any atom is -0.352 e. The van der Waals surface area contributed by atoms with E-state index in [1.54, 1.807) is 37.3 Å². The number of nitrogens with zero attached hydrogens (tertiary/aromatic N) is 3. The van der Waals surface area contributed by atoms with Gasteiger partial charge in [-0.1, -0.05) is 48.9 Å². The third-order valence-corrected chi connectivity index (χ3v) is 7.94. The van der Waals surface area contributed by atoms with Crippen molar-refractivity contribution in [1.29, 1.82) is 0 Å². The fraction of sp³-hybridized carbons (Fsp3) is 0.462. The number of nitrogens with one attached hydrogen (secondary N) is 1. The second-order valence-corrected chi connectivity index (χ2v) is 11.8. The molecule has 198 valence electrons. The molecule has 0 aliphatic carbocycles. The summed E-state index contributed by atoms with van der Waals surface area (Å²) < 4.78 is 28.9. The SMILES string of the molecule is CC[C@H](C(=O)NC(C)C)N(Cc1ccccc1Cl)C(=O)CN(c1cc(C)ccc1C)S(=O)(=O)N(C)C. The van der Waals surface area contributed by atoms with Crippen LogP contribution in [0.3, 0.4) is 0 Å². The Bertz CT molecular complexity index is 1180. The molecule has 36 heavy (non-hydrogen) atoms. The highest BCUT2D eigenvalue weighted by molar-refractivity contribution is 7.90. The fourth-order valence-electron chi connectivity index (χ4n) is 3.80. The van der Waals surface area contributed by atoms with Crippen molar-refractivity contribution in [2.75, 3.05) is 24.9 Å². The molecule has 0 saturated carbocycles. The minimum atomic E-state index is -4.02. The van der Waals surface area contributed by atoms with Gasteiger partial charge in [0, 0.05) is 31.7 Å². The first-order chi connectivity index (χ1) is 16.8. The molecule has 0 radical (unpaired) electrons. The summed E-state index contributed by atoms with van der Waals surface area (Å²) in [5.41, 5.74) is 2.64. The molecule has 2 aromatic rings. The average molecular weight is 537 g/mol. The highest BCUT2D eigenvalue weighted by Gasteiger charge is 2.34. The summed E-state index contributed by atoms with van der Waals surface area (Å²) in [7, 11) is -1.18. The lowest BCUT2D eigenvalue weighted by molar-refractivity contribution is -0.140. The molecule has 0 bridgehead atoms. The van der Waals surface area contributed by atoms with E-state index in [0.717, 1.165) is 14.2 Å². The number of amides is 2. The molecule has 2 amide bonds. The van der Waals surface area contributed by atoms with Crippen LogP contribution in [0, 0.1) is 13.8 Å². The highest BCUT2D eigenvalue weighted by Crippen LogP contribution is 2.26. The van der Waals surface area contributed by atoms with Crippen LogP contribution in [-0.4, -0.2) is 62.2 Å². The molecule has 0 unspecified atom stereocenters. The van der Waals surface area contributed by atoms with E-state index in [-0.39, 0.29) is 18.5 Å². The summed E-state index contributed by atoms with van der Waals surface area (Å²) in [6.45, 7) is 8.75. The number of anilines is 1. The summed E-state index contributed by atoms with van der Waals surface area (Å²) in [6.07, 6.45) is 0.346. The van der Waals surface area contributed by atoms with Gasteiger partial charge in [-0.05, 0) is 62.9 Å². The number of hydrogen-bond donors (Lipinski definition) is 1. The Morgan fingerprint density at radius 3 is 2.25 bits per heavy atom. The molecular weight excluding hydrogens is 500 g/mol. The monoisotopic (exact) mass is 536 g/mol. The van der Waals surface area contributed by atoms with Crippen molar-refractivity contribution in [2.45, 2.75) is 59.7 Å². The van der Waals surface area contributed by atoms with Gasteiger partial charge < -0.3 is 10.2 Å². The molecule has 1 N–H and O–H groups in total. The van der Waals surface area contributed by atoms with Crippen LogP contribution < -0.4 is 9.62 Å². The lowest BCUT2D eigenvalue weighted by atomic mass is 10.1. The van der Waals surface area contributed by atoms with Gasteiger partial charge in [0.15, 0.2) is 0 Å². The maximum absolute atomic E-state index is 13.9. The first-order valence-electron chi connectivity index (χ1n) is 11.9. The smallest absolute Gasteiger partial charge is 0.304 e. The Kier molecular flexibility index (Phi) is 10.3. The zero-order chi connectivity index (χ0) is 27.2. The van der Waals surface area contributed by atoms with Gasteiger partial charge in [0.1, 0.15) is 12.6 Å². The first kappa shape index (κ1) is 29.6. The lowest BCUT2D eigenvalue weighted by Gasteiger charge is -2.34. The maximum Gasteiger partial charge on any atom is 0.304 e. The van der Waals surface area contributed by atoms with Crippen molar-refractivity contribution < 1.29 is 18.0 Å². The fourth-order valence-corrected chi connectivity index (χ4v) is 5.11. The zero-order valence-electron chi connectivity index (χ0n) is 22.1. The molecule has 0 aliphatic rings. The van der Waals surface area contributed by atoms with Gasteiger partial charge >= 0.3 is 10.2 Å². The molecule has 0 aliphatic heterocycles. The van der Waals surface area contributed by atoms with Crippen molar-refractivity contribution in [2.24, 2.45) is 0 Å². The summed E-state index contributed by atoms with van der Waals surface area (Å²) in [4.78, 5) is 28.4. The van der Waals surface area contributed by atoms with E-state index in [1.807, 2.05) is 39.8 Å². The second kappa shape index (κ2) is 12.6. The molecule has 8 nitrogen and oxygen atoms in total. The first-order valence-corrected chi connectivity index (χ1v) is 13.7. The van der Waals surface area contributed by atoms with Crippen molar-refractivity contribution >= 4 is 39.3 Å². The molecule has 0 spiro atoms. The molecule has 1 atom stereocenters. The average Bonchev–Trinajstić information content (AvgIpc) is 2.79. The molecule has 0 saturated heterocycles. The predicted molar refractivity (Wildman–Crippen MR) is 145 cm³/mol. The molecule has 0 heterocycles. The van der Waals surface area contributed by atoms with Crippen LogP contribution in [0.25, 0.3) is 0 Å². The molecule has 2 aromatic carbocycles. The summed E-state index contributed by atoms with van der Waals surface area (Å²) in [6, 6.07) is 11.6. The normalized spacial score (nSPS) is 12.5. The van der Waals surface area contributed by atoms with Gasteiger partial charge in [-0.25, -0.2) is 4.31 Å². The van der Waals surface area contributed by atoms with E-state index < -0.39 is 28.7 Å². The van der Waals surface area contributed by atoms with Gasteiger partial charge in [0.25, 0.3) is 0 Å². The number of aryl methyl sites for hydroxylation is 2. The van der Waals surface area contributed by atoms with E-state index in [1.165, 1.54) is 19.0 Å². The van der Waals surface area contributed by atoms with Gasteiger partial charge in [0.05, 0.1) is 5.69 Å². The molecule has 0 fully saturated rings. The summed E-state index contributed by atoms with van der Waals surface area (Å²) in [5, 5.41) is 3.33. The summed E-state index contributed by atoms with van der Waals surface area (Å²) >= 11 is 6.39.